The maximum Gasteiger partial charge on any atom is 0.143 e. The Morgan fingerprint density at radius 1 is 0.382 bits per heavy atom. The molecule has 2 heterocycles. The van der Waals surface area contributed by atoms with Crippen molar-refractivity contribution in [1.82, 2.24) is 0 Å². The van der Waals surface area contributed by atoms with E-state index in [-0.39, 0.29) is 0 Å². The zero-order chi connectivity index (χ0) is 36.3. The van der Waals surface area contributed by atoms with Crippen LogP contribution in [0.5, 0.6) is 0 Å². The minimum Gasteiger partial charge on any atom is -0.455 e. The molecule has 0 aliphatic heterocycles. The Hall–Kier alpha value is -6.94. The van der Waals surface area contributed by atoms with Crippen LogP contribution in [0, 0.1) is 0 Å². The Bertz CT molecular complexity index is 3210. The lowest BCUT2D eigenvalue weighted by Crippen LogP contribution is -2.12. The molecule has 2 aromatic heterocycles. The highest BCUT2D eigenvalue weighted by atomic mass is 32.1. The van der Waals surface area contributed by atoms with Crippen molar-refractivity contribution >= 4 is 81.3 Å². The number of thiophene rings is 1. The summed E-state index contributed by atoms with van der Waals surface area (Å²) in [4.78, 5) is 2.42. The number of fused-ring (bicyclic) bond motifs is 8. The summed E-state index contributed by atoms with van der Waals surface area (Å²) in [5, 5.41) is 7.18. The van der Waals surface area contributed by atoms with Crippen molar-refractivity contribution in [2.24, 2.45) is 0 Å². The van der Waals surface area contributed by atoms with E-state index in [1.54, 1.807) is 0 Å². The number of nitrogens with zero attached hydrogens (tertiary/aromatic N) is 1. The summed E-state index contributed by atoms with van der Waals surface area (Å²) < 4.78 is 9.29. The lowest BCUT2D eigenvalue weighted by molar-refractivity contribution is 0.673. The van der Waals surface area contributed by atoms with Crippen molar-refractivity contribution < 1.29 is 4.42 Å². The van der Waals surface area contributed by atoms with Crippen LogP contribution < -0.4 is 4.90 Å². The Morgan fingerprint density at radius 2 is 1.02 bits per heavy atom. The molecule has 0 spiro atoms. The Kier molecular flexibility index (Phi) is 7.39. The van der Waals surface area contributed by atoms with Gasteiger partial charge in [-0.3, -0.25) is 0 Å². The second kappa shape index (κ2) is 12.9. The van der Waals surface area contributed by atoms with Gasteiger partial charge in [-0.2, -0.15) is 0 Å². The molecule has 258 valence electrons. The van der Waals surface area contributed by atoms with Gasteiger partial charge >= 0.3 is 0 Å². The van der Waals surface area contributed by atoms with Crippen LogP contribution in [-0.4, -0.2) is 0 Å². The van der Waals surface area contributed by atoms with E-state index in [0.29, 0.717) is 0 Å². The van der Waals surface area contributed by atoms with E-state index in [2.05, 4.69) is 205 Å². The summed E-state index contributed by atoms with van der Waals surface area (Å²) >= 11 is 1.86. The van der Waals surface area contributed by atoms with Gasteiger partial charge in [-0.15, -0.1) is 11.3 Å². The molecule has 0 unspecified atom stereocenters. The third kappa shape index (κ3) is 5.24. The first-order valence-corrected chi connectivity index (χ1v) is 19.5. The topological polar surface area (TPSA) is 16.4 Å². The summed E-state index contributed by atoms with van der Waals surface area (Å²) in [7, 11) is 0. The van der Waals surface area contributed by atoms with Crippen molar-refractivity contribution in [2.45, 2.75) is 0 Å². The van der Waals surface area contributed by atoms with Gasteiger partial charge in [0.2, 0.25) is 0 Å². The fraction of sp³-hybridized carbons (Fsp3) is 0. The summed E-state index contributed by atoms with van der Waals surface area (Å²) in [6.45, 7) is 0. The molecule has 2 nitrogen and oxygen atoms in total. The number of furan rings is 1. The Labute approximate surface area is 322 Å². The molecule has 0 fully saturated rings. The van der Waals surface area contributed by atoms with Gasteiger partial charge in [-0.05, 0) is 76.2 Å². The number of anilines is 3. The first-order chi connectivity index (χ1) is 27.3. The maximum absolute atomic E-state index is 6.66. The highest BCUT2D eigenvalue weighted by molar-refractivity contribution is 7.25. The summed E-state index contributed by atoms with van der Waals surface area (Å²) in [5.41, 5.74) is 12.1. The van der Waals surface area contributed by atoms with Crippen LogP contribution in [-0.2, 0) is 0 Å². The molecule has 0 N–H and O–H groups in total. The lowest BCUT2D eigenvalue weighted by Gasteiger charge is -2.30. The molecular formula is C52H33NOS. The third-order valence-corrected chi connectivity index (χ3v) is 12.0. The summed E-state index contributed by atoms with van der Waals surface area (Å²) in [6.07, 6.45) is 0. The molecule has 0 atom stereocenters. The molecule has 3 heteroatoms. The van der Waals surface area contributed by atoms with Crippen LogP contribution in [0.15, 0.2) is 205 Å². The molecule has 9 aromatic carbocycles. The smallest absolute Gasteiger partial charge is 0.143 e. The minimum absolute atomic E-state index is 0.884. The molecule has 55 heavy (non-hydrogen) atoms. The molecule has 0 aliphatic rings. The molecule has 11 rings (SSSR count). The average molecular weight is 720 g/mol. The van der Waals surface area contributed by atoms with E-state index in [0.717, 1.165) is 61.1 Å². The normalized spacial score (nSPS) is 11.6. The van der Waals surface area contributed by atoms with Gasteiger partial charge in [-0.1, -0.05) is 152 Å². The van der Waals surface area contributed by atoms with Crippen LogP contribution in [0.3, 0.4) is 0 Å². The quantitative estimate of drug-likeness (QED) is 0.170. The van der Waals surface area contributed by atoms with E-state index < -0.39 is 0 Å². The van der Waals surface area contributed by atoms with Crippen LogP contribution in [0.4, 0.5) is 17.1 Å². The van der Waals surface area contributed by atoms with Gasteiger partial charge in [0.25, 0.3) is 0 Å². The number of hydrogen-bond donors (Lipinski definition) is 0. The van der Waals surface area contributed by atoms with E-state index >= 15 is 0 Å². The van der Waals surface area contributed by atoms with Crippen LogP contribution >= 0.6 is 11.3 Å². The minimum atomic E-state index is 0.884. The van der Waals surface area contributed by atoms with E-state index in [1.165, 1.54) is 42.2 Å². The fourth-order valence-electron chi connectivity index (χ4n) is 8.32. The van der Waals surface area contributed by atoms with Gasteiger partial charge in [-0.25, -0.2) is 0 Å². The van der Waals surface area contributed by atoms with Crippen LogP contribution in [0.25, 0.3) is 86.3 Å². The molecule has 0 amide bonds. The van der Waals surface area contributed by atoms with Crippen molar-refractivity contribution in [3.8, 4) is 33.4 Å². The monoisotopic (exact) mass is 719 g/mol. The van der Waals surface area contributed by atoms with Crippen molar-refractivity contribution in [3.05, 3.63) is 200 Å². The van der Waals surface area contributed by atoms with Gasteiger partial charge in [0.15, 0.2) is 0 Å². The number of para-hydroxylation sites is 2. The number of benzene rings is 9. The summed E-state index contributed by atoms with van der Waals surface area (Å²) in [5.74, 6) is 0. The largest absolute Gasteiger partial charge is 0.455 e. The predicted octanol–water partition coefficient (Wildman–Crippen LogP) is 15.6. The van der Waals surface area contributed by atoms with Crippen LogP contribution in [0.1, 0.15) is 0 Å². The van der Waals surface area contributed by atoms with Crippen molar-refractivity contribution in [2.75, 3.05) is 4.90 Å². The molecular weight excluding hydrogens is 687 g/mol. The molecule has 11 aromatic rings. The molecule has 0 aliphatic carbocycles. The standard InChI is InChI=1S/C52H33NOS/c1-2-13-35(14-3-1)39-16-6-9-21-46(39)53(38-29-25-34(26-30-38)37-28-31-43-42-19-8-11-24-49(42)55-50(43)33-37)47-22-10-7-18-41(47)44-20-12-23-48-51(44)45-32-27-36-15-4-5-17-40(36)52(45)54-48/h1-33H. The van der Waals surface area contributed by atoms with Gasteiger partial charge in [0.05, 0.1) is 11.4 Å². The SMILES string of the molecule is c1ccc(-c2ccccc2N(c2ccc(-c3ccc4c(c3)sc3ccccc34)cc2)c2ccccc2-c2cccc3oc4c5ccccc5ccc4c23)cc1. The molecule has 0 saturated carbocycles. The first kappa shape index (κ1) is 31.6. The third-order valence-electron chi connectivity index (χ3n) is 10.9. The first-order valence-electron chi connectivity index (χ1n) is 18.7. The van der Waals surface area contributed by atoms with Gasteiger partial charge < -0.3 is 9.32 Å². The lowest BCUT2D eigenvalue weighted by atomic mass is 9.95. The predicted molar refractivity (Wildman–Crippen MR) is 235 cm³/mol. The fourth-order valence-corrected chi connectivity index (χ4v) is 9.47. The second-order valence-electron chi connectivity index (χ2n) is 14.0. The van der Waals surface area contributed by atoms with Crippen molar-refractivity contribution in [3.63, 3.8) is 0 Å². The Morgan fingerprint density at radius 3 is 1.87 bits per heavy atom. The Balaban J connectivity index is 1.11. The van der Waals surface area contributed by atoms with E-state index in [1.807, 2.05) is 11.3 Å². The zero-order valence-electron chi connectivity index (χ0n) is 29.8. The zero-order valence-corrected chi connectivity index (χ0v) is 30.6. The highest BCUT2D eigenvalue weighted by Gasteiger charge is 2.23. The highest BCUT2D eigenvalue weighted by Crippen LogP contribution is 2.48. The average Bonchev–Trinajstić information content (AvgIpc) is 3.83. The summed E-state index contributed by atoms with van der Waals surface area (Å²) in [6, 6.07) is 72.2. The van der Waals surface area contributed by atoms with E-state index in [9.17, 15) is 0 Å². The van der Waals surface area contributed by atoms with Crippen molar-refractivity contribution in [1.29, 1.82) is 0 Å². The number of hydrogen-bond acceptors (Lipinski definition) is 3. The molecule has 0 saturated heterocycles. The molecule has 0 radical (unpaired) electrons. The van der Waals surface area contributed by atoms with Gasteiger partial charge in [0.1, 0.15) is 11.2 Å². The van der Waals surface area contributed by atoms with Gasteiger partial charge in [0, 0.05) is 53.1 Å². The second-order valence-corrected chi connectivity index (χ2v) is 15.1. The maximum atomic E-state index is 6.66. The van der Waals surface area contributed by atoms with Crippen LogP contribution in [0.2, 0.25) is 0 Å². The van der Waals surface area contributed by atoms with E-state index in [4.69, 9.17) is 4.42 Å². The molecule has 0 bridgehead atoms. The number of rotatable bonds is 6.